The summed E-state index contributed by atoms with van der Waals surface area (Å²) in [4.78, 5) is 8.52. The molecule has 100 valence electrons. The quantitative estimate of drug-likeness (QED) is 0.715. The zero-order chi connectivity index (χ0) is 13.9. The Bertz CT molecular complexity index is 756. The zero-order valence-electron chi connectivity index (χ0n) is 11.1. The molecule has 0 aliphatic rings. The lowest BCUT2D eigenvalue weighted by Crippen LogP contribution is -1.97. The van der Waals surface area contributed by atoms with Crippen molar-refractivity contribution < 1.29 is 0 Å². The molecular formula is C16H14ClN3. The topological polar surface area (TPSA) is 37.8 Å². The maximum Gasteiger partial charge on any atom is 0.224 e. The minimum atomic E-state index is 0.248. The number of rotatable bonds is 3. The first-order valence-corrected chi connectivity index (χ1v) is 6.92. The van der Waals surface area contributed by atoms with E-state index in [4.69, 9.17) is 11.6 Å². The van der Waals surface area contributed by atoms with E-state index in [1.807, 2.05) is 36.4 Å². The number of aryl methyl sites for hydroxylation is 1. The van der Waals surface area contributed by atoms with Gasteiger partial charge >= 0.3 is 0 Å². The molecule has 0 radical (unpaired) electrons. The van der Waals surface area contributed by atoms with Gasteiger partial charge in [0.15, 0.2) is 0 Å². The molecule has 3 nitrogen and oxygen atoms in total. The predicted octanol–water partition coefficient (Wildman–Crippen LogP) is 4.59. The Labute approximate surface area is 122 Å². The number of para-hydroxylation sites is 1. The van der Waals surface area contributed by atoms with Crippen molar-refractivity contribution in [2.45, 2.75) is 13.3 Å². The number of hydrogen-bond donors (Lipinski definition) is 1. The van der Waals surface area contributed by atoms with Crippen molar-refractivity contribution in [2.75, 3.05) is 5.32 Å². The normalized spacial score (nSPS) is 10.7. The van der Waals surface area contributed by atoms with E-state index in [1.54, 1.807) is 0 Å². The number of halogens is 1. The largest absolute Gasteiger partial charge is 0.340 e. The van der Waals surface area contributed by atoms with E-state index in [0.29, 0.717) is 0 Å². The third-order valence-electron chi connectivity index (χ3n) is 3.17. The molecule has 1 aromatic heterocycles. The number of hydrogen-bond acceptors (Lipinski definition) is 3. The fraction of sp³-hybridized carbons (Fsp3) is 0.125. The van der Waals surface area contributed by atoms with Gasteiger partial charge < -0.3 is 5.32 Å². The first-order valence-electron chi connectivity index (χ1n) is 6.54. The first-order chi connectivity index (χ1) is 9.76. The van der Waals surface area contributed by atoms with Crippen LogP contribution in [0.15, 0.2) is 48.5 Å². The number of benzene rings is 2. The molecule has 0 unspecified atom stereocenters. The van der Waals surface area contributed by atoms with Crippen LogP contribution in [-0.2, 0) is 6.42 Å². The molecule has 0 atom stereocenters. The summed E-state index contributed by atoms with van der Waals surface area (Å²) in [6.07, 6.45) is 1.00. The standard InChI is InChI=1S/C16H14ClN3/c1-2-11-6-5-7-12(10-11)18-15-13-8-3-4-9-14(13)19-16(17)20-15/h3-10H,2H2,1H3,(H,18,19,20). The number of nitrogens with zero attached hydrogens (tertiary/aromatic N) is 2. The van der Waals surface area contributed by atoms with Gasteiger partial charge in [-0.15, -0.1) is 0 Å². The second-order valence-corrected chi connectivity index (χ2v) is 4.88. The summed E-state index contributed by atoms with van der Waals surface area (Å²) in [5.74, 6) is 0.730. The van der Waals surface area contributed by atoms with Crippen molar-refractivity contribution in [1.29, 1.82) is 0 Å². The molecule has 1 heterocycles. The number of anilines is 2. The van der Waals surface area contributed by atoms with Gasteiger partial charge in [0.05, 0.1) is 5.52 Å². The smallest absolute Gasteiger partial charge is 0.224 e. The second-order valence-electron chi connectivity index (χ2n) is 4.54. The molecule has 0 fully saturated rings. The molecular weight excluding hydrogens is 270 g/mol. The maximum absolute atomic E-state index is 5.99. The van der Waals surface area contributed by atoms with Crippen molar-refractivity contribution in [3.05, 3.63) is 59.4 Å². The van der Waals surface area contributed by atoms with Gasteiger partial charge in [-0.25, -0.2) is 4.98 Å². The van der Waals surface area contributed by atoms with E-state index in [2.05, 4.69) is 34.3 Å². The predicted molar refractivity (Wildman–Crippen MR) is 83.7 cm³/mol. The third-order valence-corrected chi connectivity index (χ3v) is 3.34. The first kappa shape index (κ1) is 12.9. The van der Waals surface area contributed by atoms with Crippen LogP contribution in [0.5, 0.6) is 0 Å². The summed E-state index contributed by atoms with van der Waals surface area (Å²) in [7, 11) is 0. The van der Waals surface area contributed by atoms with E-state index in [0.717, 1.165) is 28.8 Å². The molecule has 3 aromatic rings. The fourth-order valence-corrected chi connectivity index (χ4v) is 2.32. The maximum atomic E-state index is 5.99. The van der Waals surface area contributed by atoms with Crippen LogP contribution in [0.2, 0.25) is 5.28 Å². The summed E-state index contributed by atoms with van der Waals surface area (Å²) in [5.41, 5.74) is 3.12. The Morgan fingerprint density at radius 3 is 2.75 bits per heavy atom. The molecule has 3 rings (SSSR count). The monoisotopic (exact) mass is 283 g/mol. The van der Waals surface area contributed by atoms with E-state index in [1.165, 1.54) is 5.56 Å². The van der Waals surface area contributed by atoms with Crippen molar-refractivity contribution >= 4 is 34.0 Å². The van der Waals surface area contributed by atoms with Gasteiger partial charge in [-0.05, 0) is 47.9 Å². The Hall–Kier alpha value is -2.13. The average Bonchev–Trinajstić information content (AvgIpc) is 2.47. The lowest BCUT2D eigenvalue weighted by atomic mass is 10.1. The summed E-state index contributed by atoms with van der Waals surface area (Å²) >= 11 is 5.99. The van der Waals surface area contributed by atoms with E-state index < -0.39 is 0 Å². The van der Waals surface area contributed by atoms with Crippen LogP contribution >= 0.6 is 11.6 Å². The van der Waals surface area contributed by atoms with Gasteiger partial charge in [0.2, 0.25) is 5.28 Å². The molecule has 0 aliphatic heterocycles. The van der Waals surface area contributed by atoms with Crippen LogP contribution in [-0.4, -0.2) is 9.97 Å². The zero-order valence-corrected chi connectivity index (χ0v) is 11.9. The number of nitrogens with one attached hydrogen (secondary N) is 1. The van der Waals surface area contributed by atoms with Crippen LogP contribution in [0.25, 0.3) is 10.9 Å². The second kappa shape index (κ2) is 5.47. The summed E-state index contributed by atoms with van der Waals surface area (Å²) < 4.78 is 0. The SMILES string of the molecule is CCc1cccc(Nc2nc(Cl)nc3ccccc23)c1. The highest BCUT2D eigenvalue weighted by Gasteiger charge is 2.06. The molecule has 0 saturated heterocycles. The van der Waals surface area contributed by atoms with Gasteiger partial charge in [0.1, 0.15) is 5.82 Å². The molecule has 0 saturated carbocycles. The Morgan fingerprint density at radius 2 is 1.90 bits per heavy atom. The van der Waals surface area contributed by atoms with Gasteiger partial charge in [-0.3, -0.25) is 0 Å². The minimum Gasteiger partial charge on any atom is -0.340 e. The van der Waals surface area contributed by atoms with Gasteiger partial charge in [-0.2, -0.15) is 4.98 Å². The highest BCUT2D eigenvalue weighted by atomic mass is 35.5. The fourth-order valence-electron chi connectivity index (χ4n) is 2.15. The summed E-state index contributed by atoms with van der Waals surface area (Å²) in [6.45, 7) is 2.13. The molecule has 0 spiro atoms. The van der Waals surface area contributed by atoms with Crippen LogP contribution in [0.1, 0.15) is 12.5 Å². The highest BCUT2D eigenvalue weighted by molar-refractivity contribution is 6.28. The highest BCUT2D eigenvalue weighted by Crippen LogP contribution is 2.25. The van der Waals surface area contributed by atoms with E-state index in [9.17, 15) is 0 Å². The lowest BCUT2D eigenvalue weighted by molar-refractivity contribution is 1.14. The van der Waals surface area contributed by atoms with E-state index in [-0.39, 0.29) is 5.28 Å². The van der Waals surface area contributed by atoms with Crippen LogP contribution in [0.3, 0.4) is 0 Å². The van der Waals surface area contributed by atoms with Crippen LogP contribution in [0, 0.1) is 0 Å². The Balaban J connectivity index is 2.05. The van der Waals surface area contributed by atoms with Crippen molar-refractivity contribution in [3.8, 4) is 0 Å². The number of aromatic nitrogens is 2. The molecule has 0 bridgehead atoms. The lowest BCUT2D eigenvalue weighted by Gasteiger charge is -2.10. The molecule has 0 amide bonds. The third kappa shape index (κ3) is 2.58. The van der Waals surface area contributed by atoms with Gasteiger partial charge in [-0.1, -0.05) is 31.2 Å². The minimum absolute atomic E-state index is 0.248. The Morgan fingerprint density at radius 1 is 1.05 bits per heavy atom. The summed E-state index contributed by atoms with van der Waals surface area (Å²) in [6, 6.07) is 16.1. The molecule has 0 aliphatic carbocycles. The van der Waals surface area contributed by atoms with Gasteiger partial charge in [0, 0.05) is 11.1 Å². The van der Waals surface area contributed by atoms with Crippen molar-refractivity contribution in [1.82, 2.24) is 9.97 Å². The Kier molecular flexibility index (Phi) is 3.52. The average molecular weight is 284 g/mol. The van der Waals surface area contributed by atoms with Crippen LogP contribution in [0.4, 0.5) is 11.5 Å². The summed E-state index contributed by atoms with van der Waals surface area (Å²) in [5, 5.41) is 4.53. The van der Waals surface area contributed by atoms with E-state index >= 15 is 0 Å². The molecule has 20 heavy (non-hydrogen) atoms. The molecule has 2 aromatic carbocycles. The molecule has 4 heteroatoms. The van der Waals surface area contributed by atoms with Crippen molar-refractivity contribution in [3.63, 3.8) is 0 Å². The molecule has 1 N–H and O–H groups in total. The van der Waals surface area contributed by atoms with Crippen molar-refractivity contribution in [2.24, 2.45) is 0 Å². The van der Waals surface area contributed by atoms with Crippen LogP contribution < -0.4 is 5.32 Å². The number of fused-ring (bicyclic) bond motifs is 1. The van der Waals surface area contributed by atoms with Gasteiger partial charge in [0.25, 0.3) is 0 Å².